The standard InChI is InChI=1S/C15H15ClN2O2/c1-9-10(2)18-14(8-17-9)13(15(19)20)7-11-4-3-5-12(16)6-11/h3-6,8,13H,7H2,1-2H3,(H,19,20). The molecule has 1 heterocycles. The summed E-state index contributed by atoms with van der Waals surface area (Å²) in [6, 6.07) is 7.20. The molecular formula is C15H15ClN2O2. The van der Waals surface area contributed by atoms with Crippen molar-refractivity contribution in [2.45, 2.75) is 26.2 Å². The lowest BCUT2D eigenvalue weighted by Crippen LogP contribution is -2.17. The number of nitrogens with zero attached hydrogens (tertiary/aromatic N) is 2. The van der Waals surface area contributed by atoms with Gasteiger partial charge in [-0.25, -0.2) is 0 Å². The molecule has 4 nitrogen and oxygen atoms in total. The highest BCUT2D eigenvalue weighted by molar-refractivity contribution is 6.30. The van der Waals surface area contributed by atoms with Gasteiger partial charge < -0.3 is 5.11 Å². The van der Waals surface area contributed by atoms with Gasteiger partial charge in [-0.1, -0.05) is 23.7 Å². The molecule has 2 aromatic rings. The van der Waals surface area contributed by atoms with Crippen LogP contribution >= 0.6 is 11.6 Å². The van der Waals surface area contributed by atoms with Crippen LogP contribution in [0.5, 0.6) is 0 Å². The molecule has 1 atom stereocenters. The topological polar surface area (TPSA) is 63.1 Å². The van der Waals surface area contributed by atoms with Gasteiger partial charge in [0.1, 0.15) is 5.92 Å². The highest BCUT2D eigenvalue weighted by Gasteiger charge is 2.22. The van der Waals surface area contributed by atoms with Crippen molar-refractivity contribution in [1.82, 2.24) is 9.97 Å². The van der Waals surface area contributed by atoms with Crippen LogP contribution in [-0.4, -0.2) is 21.0 Å². The summed E-state index contributed by atoms with van der Waals surface area (Å²) in [6.45, 7) is 3.67. The number of aryl methyl sites for hydroxylation is 2. The third-order valence-corrected chi connectivity index (χ3v) is 3.43. The minimum atomic E-state index is -0.914. The van der Waals surface area contributed by atoms with Crippen LogP contribution in [0, 0.1) is 13.8 Å². The van der Waals surface area contributed by atoms with Crippen molar-refractivity contribution in [1.29, 1.82) is 0 Å². The van der Waals surface area contributed by atoms with Gasteiger partial charge in [0, 0.05) is 11.2 Å². The summed E-state index contributed by atoms with van der Waals surface area (Å²) in [5.41, 5.74) is 2.89. The van der Waals surface area contributed by atoms with Crippen LogP contribution in [0.2, 0.25) is 5.02 Å². The van der Waals surface area contributed by atoms with E-state index < -0.39 is 11.9 Å². The lowest BCUT2D eigenvalue weighted by Gasteiger charge is -2.13. The van der Waals surface area contributed by atoms with Crippen molar-refractivity contribution in [2.75, 3.05) is 0 Å². The van der Waals surface area contributed by atoms with Crippen LogP contribution in [0.25, 0.3) is 0 Å². The van der Waals surface area contributed by atoms with Crippen molar-refractivity contribution >= 4 is 17.6 Å². The van der Waals surface area contributed by atoms with Gasteiger partial charge in [-0.05, 0) is 38.0 Å². The number of benzene rings is 1. The lowest BCUT2D eigenvalue weighted by atomic mass is 9.96. The first-order valence-corrected chi connectivity index (χ1v) is 6.62. The third-order valence-electron chi connectivity index (χ3n) is 3.19. The van der Waals surface area contributed by atoms with Gasteiger partial charge in [0.05, 0.1) is 17.1 Å². The van der Waals surface area contributed by atoms with Gasteiger partial charge in [-0.3, -0.25) is 14.8 Å². The van der Waals surface area contributed by atoms with E-state index in [0.29, 0.717) is 17.1 Å². The molecule has 1 N–H and O–H groups in total. The summed E-state index contributed by atoms with van der Waals surface area (Å²) in [5, 5.41) is 10.0. The zero-order valence-electron chi connectivity index (χ0n) is 11.3. The Labute approximate surface area is 122 Å². The van der Waals surface area contributed by atoms with Crippen molar-refractivity contribution in [3.05, 3.63) is 58.1 Å². The van der Waals surface area contributed by atoms with E-state index >= 15 is 0 Å². The second-order valence-electron chi connectivity index (χ2n) is 4.69. The average molecular weight is 291 g/mol. The number of hydrogen-bond acceptors (Lipinski definition) is 3. The number of aromatic nitrogens is 2. The van der Waals surface area contributed by atoms with Gasteiger partial charge in [-0.2, -0.15) is 0 Å². The summed E-state index contributed by atoms with van der Waals surface area (Å²) in [4.78, 5) is 20.0. The molecule has 1 aromatic heterocycles. The third kappa shape index (κ3) is 3.33. The average Bonchev–Trinajstić information content (AvgIpc) is 2.39. The Hall–Kier alpha value is -1.94. The normalized spacial score (nSPS) is 12.2. The zero-order valence-corrected chi connectivity index (χ0v) is 12.1. The maximum absolute atomic E-state index is 11.5. The summed E-state index contributed by atoms with van der Waals surface area (Å²) in [5.74, 6) is -1.64. The predicted molar refractivity (Wildman–Crippen MR) is 77.0 cm³/mol. The Balaban J connectivity index is 2.32. The molecule has 0 saturated carbocycles. The van der Waals surface area contributed by atoms with Crippen LogP contribution in [0.3, 0.4) is 0 Å². The summed E-state index contributed by atoms with van der Waals surface area (Å²) in [6.07, 6.45) is 1.87. The number of halogens is 1. The molecule has 0 aliphatic carbocycles. The smallest absolute Gasteiger partial charge is 0.312 e. The van der Waals surface area contributed by atoms with Gasteiger partial charge in [0.25, 0.3) is 0 Å². The summed E-state index contributed by atoms with van der Waals surface area (Å²) >= 11 is 5.92. The molecule has 104 valence electrons. The molecule has 0 bridgehead atoms. The van der Waals surface area contributed by atoms with Crippen molar-refractivity contribution in [3.63, 3.8) is 0 Å². The molecule has 0 radical (unpaired) electrons. The van der Waals surface area contributed by atoms with Crippen LogP contribution < -0.4 is 0 Å². The highest BCUT2D eigenvalue weighted by atomic mass is 35.5. The number of carboxylic acid groups (broad SMARTS) is 1. The van der Waals surface area contributed by atoms with Crippen LogP contribution in [0.1, 0.15) is 28.6 Å². The van der Waals surface area contributed by atoms with Gasteiger partial charge in [0.15, 0.2) is 0 Å². The Bertz CT molecular complexity index is 644. The van der Waals surface area contributed by atoms with E-state index in [2.05, 4.69) is 9.97 Å². The number of carboxylic acids is 1. The SMILES string of the molecule is Cc1ncc(C(Cc2cccc(Cl)c2)C(=O)O)nc1C. The zero-order chi connectivity index (χ0) is 14.7. The molecular weight excluding hydrogens is 276 g/mol. The maximum Gasteiger partial charge on any atom is 0.312 e. The minimum absolute atomic E-state index is 0.340. The molecule has 0 aliphatic rings. The van der Waals surface area contributed by atoms with E-state index in [1.54, 1.807) is 12.1 Å². The van der Waals surface area contributed by atoms with Crippen molar-refractivity contribution in [2.24, 2.45) is 0 Å². The second kappa shape index (κ2) is 6.01. The Morgan fingerprint density at radius 2 is 2.10 bits per heavy atom. The molecule has 1 unspecified atom stereocenters. The maximum atomic E-state index is 11.5. The van der Waals surface area contributed by atoms with E-state index in [0.717, 1.165) is 17.0 Å². The number of carbonyl (C=O) groups is 1. The van der Waals surface area contributed by atoms with Crippen LogP contribution in [0.15, 0.2) is 30.5 Å². The van der Waals surface area contributed by atoms with E-state index in [1.807, 2.05) is 26.0 Å². The monoisotopic (exact) mass is 290 g/mol. The van der Waals surface area contributed by atoms with Gasteiger partial charge in [-0.15, -0.1) is 0 Å². The number of rotatable bonds is 4. The van der Waals surface area contributed by atoms with Gasteiger partial charge >= 0.3 is 5.97 Å². The molecule has 0 fully saturated rings. The molecule has 5 heteroatoms. The second-order valence-corrected chi connectivity index (χ2v) is 5.13. The highest BCUT2D eigenvalue weighted by Crippen LogP contribution is 2.22. The fraction of sp³-hybridized carbons (Fsp3) is 0.267. The molecule has 2 rings (SSSR count). The van der Waals surface area contributed by atoms with E-state index in [4.69, 9.17) is 11.6 Å². The van der Waals surface area contributed by atoms with Crippen LogP contribution in [0.4, 0.5) is 0 Å². The summed E-state index contributed by atoms with van der Waals surface area (Å²) < 4.78 is 0. The first-order valence-electron chi connectivity index (χ1n) is 6.24. The molecule has 0 spiro atoms. The van der Waals surface area contributed by atoms with E-state index in [-0.39, 0.29) is 0 Å². The molecule has 1 aromatic carbocycles. The van der Waals surface area contributed by atoms with E-state index in [9.17, 15) is 9.90 Å². The van der Waals surface area contributed by atoms with E-state index in [1.165, 1.54) is 6.20 Å². The largest absolute Gasteiger partial charge is 0.481 e. The molecule has 0 saturated heterocycles. The number of hydrogen-bond donors (Lipinski definition) is 1. The fourth-order valence-electron chi connectivity index (χ4n) is 1.95. The first kappa shape index (κ1) is 14.5. The van der Waals surface area contributed by atoms with Crippen molar-refractivity contribution in [3.8, 4) is 0 Å². The lowest BCUT2D eigenvalue weighted by molar-refractivity contribution is -0.138. The van der Waals surface area contributed by atoms with Gasteiger partial charge in [0.2, 0.25) is 0 Å². The van der Waals surface area contributed by atoms with Crippen LogP contribution in [-0.2, 0) is 11.2 Å². The molecule has 20 heavy (non-hydrogen) atoms. The molecule has 0 amide bonds. The fourth-order valence-corrected chi connectivity index (χ4v) is 2.16. The Morgan fingerprint density at radius 1 is 1.35 bits per heavy atom. The quantitative estimate of drug-likeness (QED) is 0.939. The Morgan fingerprint density at radius 3 is 2.70 bits per heavy atom. The predicted octanol–water partition coefficient (Wildman–Crippen LogP) is 3.16. The Kier molecular flexibility index (Phi) is 4.35. The minimum Gasteiger partial charge on any atom is -0.481 e. The summed E-state index contributed by atoms with van der Waals surface area (Å²) in [7, 11) is 0. The van der Waals surface area contributed by atoms with Crippen molar-refractivity contribution < 1.29 is 9.90 Å². The first-order chi connectivity index (χ1) is 9.47. The molecule has 0 aliphatic heterocycles. The number of aliphatic carboxylic acids is 1.